The number of rotatable bonds is 9. The summed E-state index contributed by atoms with van der Waals surface area (Å²) < 4.78 is 10.3. The first kappa shape index (κ1) is 20.6. The van der Waals surface area contributed by atoms with Crippen LogP contribution < -0.4 is 25.4 Å². The molecule has 10 nitrogen and oxygen atoms in total. The van der Waals surface area contributed by atoms with Crippen molar-refractivity contribution in [2.75, 3.05) is 30.2 Å². The van der Waals surface area contributed by atoms with Crippen molar-refractivity contribution in [3.05, 3.63) is 48.5 Å². The molecule has 1 heterocycles. The van der Waals surface area contributed by atoms with Gasteiger partial charge in [-0.15, -0.1) is 0 Å². The molecule has 0 aliphatic rings. The second-order valence-corrected chi connectivity index (χ2v) is 6.22. The number of ether oxygens (including phenoxy) is 2. The molecule has 0 amide bonds. The first-order valence-corrected chi connectivity index (χ1v) is 9.04. The van der Waals surface area contributed by atoms with Crippen LogP contribution in [0.15, 0.2) is 48.5 Å². The maximum atomic E-state index is 11.2. The van der Waals surface area contributed by atoms with E-state index in [0.717, 1.165) is 22.9 Å². The summed E-state index contributed by atoms with van der Waals surface area (Å²) in [7, 11) is 3.18. The number of carboxylic acids is 1. The molecule has 0 saturated carbocycles. The zero-order valence-electron chi connectivity index (χ0n) is 16.7. The molecular weight excluding hydrogens is 388 g/mol. The average Bonchev–Trinajstić information content (AvgIpc) is 2.74. The Bertz CT molecular complexity index is 927. The number of carboxylic acid groups (broad SMARTS) is 1. The van der Waals surface area contributed by atoms with Crippen molar-refractivity contribution in [2.24, 2.45) is 0 Å². The molecule has 0 aliphatic carbocycles. The van der Waals surface area contributed by atoms with E-state index in [2.05, 4.69) is 30.9 Å². The Hall–Kier alpha value is -4.08. The van der Waals surface area contributed by atoms with Crippen LogP contribution in [0.4, 0.5) is 29.2 Å². The average molecular weight is 410 g/mol. The van der Waals surface area contributed by atoms with Crippen molar-refractivity contribution in [1.29, 1.82) is 0 Å². The normalized spacial score (nSPS) is 11.3. The van der Waals surface area contributed by atoms with E-state index >= 15 is 0 Å². The highest BCUT2D eigenvalue weighted by Crippen LogP contribution is 2.22. The van der Waals surface area contributed by atoms with Gasteiger partial charge in [0.1, 0.15) is 17.5 Å². The summed E-state index contributed by atoms with van der Waals surface area (Å²) in [6.07, 6.45) is 0. The van der Waals surface area contributed by atoms with Gasteiger partial charge in [-0.2, -0.15) is 15.0 Å². The van der Waals surface area contributed by atoms with Gasteiger partial charge in [0, 0.05) is 11.4 Å². The molecule has 0 aliphatic heterocycles. The number of nitrogens with one attached hydrogen (secondary N) is 3. The van der Waals surface area contributed by atoms with E-state index in [4.69, 9.17) is 14.6 Å². The van der Waals surface area contributed by atoms with E-state index in [0.29, 0.717) is 0 Å². The Morgan fingerprint density at radius 1 is 0.800 bits per heavy atom. The summed E-state index contributed by atoms with van der Waals surface area (Å²) in [6, 6.07) is 13.6. The predicted molar refractivity (Wildman–Crippen MR) is 113 cm³/mol. The van der Waals surface area contributed by atoms with Crippen LogP contribution in [-0.2, 0) is 4.79 Å². The quantitative estimate of drug-likeness (QED) is 0.417. The number of anilines is 5. The van der Waals surface area contributed by atoms with Crippen LogP contribution in [0.1, 0.15) is 6.92 Å². The van der Waals surface area contributed by atoms with E-state index in [1.54, 1.807) is 38.5 Å². The van der Waals surface area contributed by atoms with Crippen molar-refractivity contribution in [2.45, 2.75) is 13.0 Å². The van der Waals surface area contributed by atoms with Crippen LogP contribution in [0.2, 0.25) is 0 Å². The molecule has 3 rings (SSSR count). The zero-order valence-corrected chi connectivity index (χ0v) is 16.7. The van der Waals surface area contributed by atoms with Crippen LogP contribution in [0.5, 0.6) is 11.5 Å². The van der Waals surface area contributed by atoms with Gasteiger partial charge in [0.15, 0.2) is 0 Å². The van der Waals surface area contributed by atoms with Gasteiger partial charge in [-0.25, -0.2) is 0 Å². The first-order valence-electron chi connectivity index (χ1n) is 9.04. The number of hydrogen-bond donors (Lipinski definition) is 4. The van der Waals surface area contributed by atoms with E-state index in [9.17, 15) is 4.79 Å². The van der Waals surface area contributed by atoms with Gasteiger partial charge in [0.2, 0.25) is 17.8 Å². The molecule has 0 spiro atoms. The van der Waals surface area contributed by atoms with Crippen LogP contribution in [0.25, 0.3) is 0 Å². The Balaban J connectivity index is 1.87. The molecule has 2 aromatic carbocycles. The van der Waals surface area contributed by atoms with E-state index in [1.165, 1.54) is 6.92 Å². The highest BCUT2D eigenvalue weighted by Gasteiger charge is 2.14. The largest absolute Gasteiger partial charge is 0.497 e. The lowest BCUT2D eigenvalue weighted by atomic mass is 10.3. The summed E-state index contributed by atoms with van der Waals surface area (Å²) in [6.45, 7) is 1.50. The van der Waals surface area contributed by atoms with Crippen molar-refractivity contribution in [1.82, 2.24) is 15.0 Å². The molecule has 0 fully saturated rings. The number of aliphatic carboxylic acids is 1. The third kappa shape index (κ3) is 5.47. The summed E-state index contributed by atoms with van der Waals surface area (Å²) >= 11 is 0. The lowest BCUT2D eigenvalue weighted by Crippen LogP contribution is -2.26. The minimum Gasteiger partial charge on any atom is -0.497 e. The van der Waals surface area contributed by atoms with Crippen LogP contribution in [0.3, 0.4) is 0 Å². The Labute approximate surface area is 173 Å². The number of carbonyl (C=O) groups is 1. The molecule has 0 bridgehead atoms. The molecule has 4 N–H and O–H groups in total. The Morgan fingerprint density at radius 3 is 1.57 bits per heavy atom. The van der Waals surface area contributed by atoms with Crippen LogP contribution in [0, 0.1) is 0 Å². The molecule has 1 atom stereocenters. The fraction of sp³-hybridized carbons (Fsp3) is 0.200. The van der Waals surface area contributed by atoms with Gasteiger partial charge in [0.25, 0.3) is 0 Å². The lowest BCUT2D eigenvalue weighted by Gasteiger charge is -2.13. The smallest absolute Gasteiger partial charge is 0.325 e. The highest BCUT2D eigenvalue weighted by molar-refractivity contribution is 5.76. The molecule has 156 valence electrons. The summed E-state index contributed by atoms with van der Waals surface area (Å²) in [5.74, 6) is 1.01. The molecule has 1 aromatic heterocycles. The van der Waals surface area contributed by atoms with Gasteiger partial charge >= 0.3 is 5.97 Å². The molecule has 3 aromatic rings. The van der Waals surface area contributed by atoms with Gasteiger partial charge in [-0.05, 0) is 55.5 Å². The van der Waals surface area contributed by atoms with Gasteiger partial charge in [0.05, 0.1) is 14.2 Å². The molecular formula is C20H22N6O4. The van der Waals surface area contributed by atoms with E-state index in [-0.39, 0.29) is 17.8 Å². The monoisotopic (exact) mass is 410 g/mol. The van der Waals surface area contributed by atoms with Crippen molar-refractivity contribution in [3.63, 3.8) is 0 Å². The third-order valence-electron chi connectivity index (χ3n) is 4.04. The minimum absolute atomic E-state index is 0.118. The maximum absolute atomic E-state index is 11.2. The summed E-state index contributed by atoms with van der Waals surface area (Å²) in [5, 5.41) is 18.1. The fourth-order valence-electron chi connectivity index (χ4n) is 2.41. The van der Waals surface area contributed by atoms with E-state index in [1.807, 2.05) is 24.3 Å². The molecule has 0 unspecified atom stereocenters. The maximum Gasteiger partial charge on any atom is 0.325 e. The number of hydrogen-bond acceptors (Lipinski definition) is 9. The topological polar surface area (TPSA) is 131 Å². The van der Waals surface area contributed by atoms with Crippen molar-refractivity contribution < 1.29 is 19.4 Å². The van der Waals surface area contributed by atoms with Crippen molar-refractivity contribution in [3.8, 4) is 11.5 Å². The predicted octanol–water partition coefficient (Wildman–Crippen LogP) is 3.26. The molecule has 10 heteroatoms. The second kappa shape index (κ2) is 9.41. The molecule has 0 saturated heterocycles. The number of benzene rings is 2. The first-order chi connectivity index (χ1) is 14.5. The van der Waals surface area contributed by atoms with Gasteiger partial charge < -0.3 is 30.5 Å². The second-order valence-electron chi connectivity index (χ2n) is 6.22. The standard InChI is InChI=1S/C20H22N6O4/c1-12(17(27)28)21-18-24-19(22-13-4-8-15(29-2)9-5-13)26-20(25-18)23-14-6-10-16(30-3)11-7-14/h4-12H,1-3H3,(H,27,28)(H3,21,22,23,24,25,26)/t12-/m1/s1. The molecule has 30 heavy (non-hydrogen) atoms. The minimum atomic E-state index is -1.02. The van der Waals surface area contributed by atoms with E-state index < -0.39 is 12.0 Å². The Kier molecular flexibility index (Phi) is 6.48. The van der Waals surface area contributed by atoms with Crippen molar-refractivity contribution >= 4 is 35.2 Å². The fourth-order valence-corrected chi connectivity index (χ4v) is 2.41. The summed E-state index contributed by atoms with van der Waals surface area (Å²) in [4.78, 5) is 24.1. The highest BCUT2D eigenvalue weighted by atomic mass is 16.5. The SMILES string of the molecule is COc1ccc(Nc2nc(Nc3ccc(OC)cc3)nc(N[C@H](C)C(=O)O)n2)cc1. The Morgan fingerprint density at radius 2 is 1.20 bits per heavy atom. The number of methoxy groups -OCH3 is 2. The van der Waals surface area contributed by atoms with Crippen LogP contribution in [-0.4, -0.2) is 46.3 Å². The molecule has 0 radical (unpaired) electrons. The van der Waals surface area contributed by atoms with Crippen LogP contribution >= 0.6 is 0 Å². The number of nitrogens with zero attached hydrogens (tertiary/aromatic N) is 3. The van der Waals surface area contributed by atoms with Gasteiger partial charge in [-0.3, -0.25) is 4.79 Å². The zero-order chi connectivity index (χ0) is 21.5. The third-order valence-corrected chi connectivity index (χ3v) is 4.04. The lowest BCUT2D eigenvalue weighted by molar-refractivity contribution is -0.137. The number of aromatic nitrogens is 3. The summed E-state index contributed by atoms with van der Waals surface area (Å²) in [5.41, 5.74) is 1.46. The van der Waals surface area contributed by atoms with Gasteiger partial charge in [-0.1, -0.05) is 0 Å².